The third-order valence-corrected chi connectivity index (χ3v) is 1.75. The summed E-state index contributed by atoms with van der Waals surface area (Å²) < 4.78 is 7.54. The molecule has 1 aliphatic heterocycles. The Balaban J connectivity index is 2.52. The first-order chi connectivity index (χ1) is 5.29. The zero-order valence-electron chi connectivity index (χ0n) is 6.91. The molecule has 1 aromatic rings. The van der Waals surface area contributed by atoms with Gasteiger partial charge in [-0.25, -0.2) is 0 Å². The van der Waals surface area contributed by atoms with E-state index < -0.39 is 0 Å². The zero-order chi connectivity index (χ0) is 7.84. The lowest BCUT2D eigenvalue weighted by atomic mass is 10.3. The molecule has 2 heteroatoms. The van der Waals surface area contributed by atoms with E-state index in [1.807, 2.05) is 31.3 Å². The SMILES string of the molecule is [3H]N1CN(C)c2ccccc21. The highest BCUT2D eigenvalue weighted by Crippen LogP contribution is 2.28. The van der Waals surface area contributed by atoms with E-state index in [4.69, 9.17) is 1.41 Å². The van der Waals surface area contributed by atoms with E-state index in [9.17, 15) is 0 Å². The molecule has 0 aromatic heterocycles. The maximum Gasteiger partial charge on any atom is 0.162 e. The summed E-state index contributed by atoms with van der Waals surface area (Å²) in [6.07, 6.45) is 0. The van der Waals surface area contributed by atoms with Gasteiger partial charge in [-0.05, 0) is 12.1 Å². The van der Waals surface area contributed by atoms with Crippen LogP contribution in [0.2, 0.25) is 1.41 Å². The van der Waals surface area contributed by atoms with Crippen LogP contribution < -0.4 is 10.2 Å². The Bertz CT molecular complexity index is 248. The molecule has 1 N–H and O–H groups in total. The van der Waals surface area contributed by atoms with Gasteiger partial charge in [-0.3, -0.25) is 0 Å². The van der Waals surface area contributed by atoms with Gasteiger partial charge in [-0.15, -0.1) is 0 Å². The van der Waals surface area contributed by atoms with Gasteiger partial charge in [0, 0.05) is 7.05 Å². The predicted molar refractivity (Wildman–Crippen MR) is 43.3 cm³/mol. The lowest BCUT2D eigenvalue weighted by Gasteiger charge is -2.08. The first-order valence-corrected chi connectivity index (χ1v) is 3.35. The number of para-hydroxylation sites is 2. The summed E-state index contributed by atoms with van der Waals surface area (Å²) in [5, 5.41) is 1.50. The quantitative estimate of drug-likeness (QED) is 0.581. The third kappa shape index (κ3) is 0.652. The van der Waals surface area contributed by atoms with Gasteiger partial charge in [-0.2, -0.15) is 0 Å². The molecule has 0 spiro atoms. The van der Waals surface area contributed by atoms with Gasteiger partial charge < -0.3 is 10.2 Å². The van der Waals surface area contributed by atoms with Crippen LogP contribution in [0.1, 0.15) is 0 Å². The van der Waals surface area contributed by atoms with Crippen molar-refractivity contribution < 1.29 is 1.41 Å². The smallest absolute Gasteiger partial charge is 0.162 e. The van der Waals surface area contributed by atoms with Crippen LogP contribution in [0, 0.1) is 0 Å². The van der Waals surface area contributed by atoms with Gasteiger partial charge in [0.05, 0.1) is 18.0 Å². The summed E-state index contributed by atoms with van der Waals surface area (Å²) >= 11 is 0. The summed E-state index contributed by atoms with van der Waals surface area (Å²) in [5.41, 5.74) is 2.14. The van der Waals surface area contributed by atoms with Crippen molar-refractivity contribution in [3.63, 3.8) is 0 Å². The van der Waals surface area contributed by atoms with E-state index in [-0.39, 0.29) is 0 Å². The third-order valence-electron chi connectivity index (χ3n) is 1.75. The summed E-state index contributed by atoms with van der Waals surface area (Å²) in [6.45, 7) is 0.666. The molecular weight excluding hydrogens is 124 g/mol. The van der Waals surface area contributed by atoms with Crippen molar-refractivity contribution >= 4 is 11.4 Å². The molecule has 2 nitrogen and oxygen atoms in total. The number of nitrogens with one attached hydrogen (secondary N) is 1. The molecule has 0 amide bonds. The molecule has 10 heavy (non-hydrogen) atoms. The highest BCUT2D eigenvalue weighted by Gasteiger charge is 2.11. The second-order valence-electron chi connectivity index (χ2n) is 2.49. The first kappa shape index (κ1) is 4.61. The Morgan fingerprint density at radius 1 is 1.60 bits per heavy atom. The number of nitrogens with zero attached hydrogens (tertiary/aromatic N) is 1. The minimum Gasteiger partial charge on any atom is -0.366 e. The molecule has 0 fully saturated rings. The summed E-state index contributed by atoms with van der Waals surface area (Å²) in [7, 11) is 1.99. The molecule has 2 rings (SSSR count). The predicted octanol–water partition coefficient (Wildman–Crippen LogP) is 1.51. The fourth-order valence-electron chi connectivity index (χ4n) is 1.18. The highest BCUT2D eigenvalue weighted by molar-refractivity contribution is 5.73. The van der Waals surface area contributed by atoms with E-state index in [0.29, 0.717) is 6.67 Å². The monoisotopic (exact) mass is 136 g/mol. The van der Waals surface area contributed by atoms with E-state index in [1.165, 1.54) is 5.31 Å². The van der Waals surface area contributed by atoms with Crippen LogP contribution in [0.4, 0.5) is 11.4 Å². The fourth-order valence-corrected chi connectivity index (χ4v) is 1.18. The van der Waals surface area contributed by atoms with Crippen molar-refractivity contribution in [2.24, 2.45) is 0 Å². The van der Waals surface area contributed by atoms with E-state index in [0.717, 1.165) is 11.4 Å². The van der Waals surface area contributed by atoms with Gasteiger partial charge in [0.15, 0.2) is 1.41 Å². The molecule has 0 unspecified atom stereocenters. The highest BCUT2D eigenvalue weighted by atomic mass is 15.3. The zero-order valence-corrected chi connectivity index (χ0v) is 5.91. The van der Waals surface area contributed by atoms with Gasteiger partial charge in [0.2, 0.25) is 0 Å². The van der Waals surface area contributed by atoms with E-state index in [1.54, 1.807) is 0 Å². The number of hydrogen-bond acceptors (Lipinski definition) is 2. The molecule has 52 valence electrons. The molecule has 0 bridgehead atoms. The van der Waals surface area contributed by atoms with Crippen molar-refractivity contribution in [2.75, 3.05) is 23.9 Å². The van der Waals surface area contributed by atoms with Gasteiger partial charge in [-0.1, -0.05) is 12.1 Å². The molecular formula is C8H10N2. The van der Waals surface area contributed by atoms with Crippen LogP contribution >= 0.6 is 0 Å². The summed E-state index contributed by atoms with van der Waals surface area (Å²) in [5.74, 6) is 0. The van der Waals surface area contributed by atoms with E-state index in [2.05, 4.69) is 4.90 Å². The number of fused-ring (bicyclic) bond motifs is 1. The van der Waals surface area contributed by atoms with Crippen molar-refractivity contribution in [3.8, 4) is 0 Å². The Hall–Kier alpha value is -1.18. The van der Waals surface area contributed by atoms with E-state index >= 15 is 0 Å². The lowest BCUT2D eigenvalue weighted by molar-refractivity contribution is 1.03. The van der Waals surface area contributed by atoms with Crippen molar-refractivity contribution in [1.82, 2.24) is 0 Å². The number of hydrogen-bond donors (Lipinski definition) is 1. The molecule has 1 aromatic carbocycles. The molecule has 0 aliphatic carbocycles. The Morgan fingerprint density at radius 2 is 2.40 bits per heavy atom. The van der Waals surface area contributed by atoms with Crippen LogP contribution in [0.5, 0.6) is 0 Å². The van der Waals surface area contributed by atoms with Crippen LogP contribution in [0.3, 0.4) is 0 Å². The Morgan fingerprint density at radius 3 is 3.20 bits per heavy atom. The standard InChI is InChI=1S/C8H10N2/c1-10-6-9-7-4-2-3-5-8(7)10/h2-5,9H,6H2,1H3/i/hT. The second-order valence-corrected chi connectivity index (χ2v) is 2.49. The molecule has 1 aliphatic rings. The van der Waals surface area contributed by atoms with Crippen LogP contribution in [-0.4, -0.2) is 13.7 Å². The van der Waals surface area contributed by atoms with Gasteiger partial charge in [0.25, 0.3) is 0 Å². The maximum absolute atomic E-state index is 7.54. The first-order valence-electron chi connectivity index (χ1n) is 3.80. The maximum atomic E-state index is 7.54. The van der Waals surface area contributed by atoms with Crippen molar-refractivity contribution in [3.05, 3.63) is 24.3 Å². The normalized spacial score (nSPS) is 17.1. The van der Waals surface area contributed by atoms with Crippen LogP contribution in [0.15, 0.2) is 24.3 Å². The minimum atomic E-state index is 0.666. The lowest BCUT2D eigenvalue weighted by Crippen LogP contribution is -2.15. The van der Waals surface area contributed by atoms with Crippen molar-refractivity contribution in [1.29, 1.82) is 0 Å². The van der Waals surface area contributed by atoms with Crippen LogP contribution in [-0.2, 0) is 0 Å². The topological polar surface area (TPSA) is 15.3 Å². The summed E-state index contributed by atoms with van der Waals surface area (Å²) in [6, 6.07) is 7.95. The van der Waals surface area contributed by atoms with Gasteiger partial charge >= 0.3 is 0 Å². The molecule has 0 saturated heterocycles. The average Bonchev–Trinajstić information content (AvgIpc) is 2.30. The second kappa shape index (κ2) is 1.90. The summed E-state index contributed by atoms with van der Waals surface area (Å²) in [4.78, 5) is 2.06. The van der Waals surface area contributed by atoms with Gasteiger partial charge in [0.1, 0.15) is 0 Å². The Labute approximate surface area is 61.9 Å². The molecule has 0 radical (unpaired) electrons. The Kier molecular flexibility index (Phi) is 0.877. The average molecular weight is 136 g/mol. The molecule has 0 saturated carbocycles. The fraction of sp³-hybridized carbons (Fsp3) is 0.250. The number of benzene rings is 1. The number of rotatable bonds is 0. The number of anilines is 2. The van der Waals surface area contributed by atoms with Crippen LogP contribution in [0.25, 0.3) is 0 Å². The van der Waals surface area contributed by atoms with Crippen molar-refractivity contribution in [2.45, 2.75) is 0 Å². The largest absolute Gasteiger partial charge is 0.366 e. The molecule has 1 heterocycles. The molecule has 0 atom stereocenters. The minimum absolute atomic E-state index is 0.666.